The number of likely N-dealkylation sites (tertiary alicyclic amines) is 1. The maximum Gasteiger partial charge on any atom is 0.229 e. The Kier molecular flexibility index (Phi) is 1.23. The molecule has 0 aromatic heterocycles. The molecule has 0 radical (unpaired) electrons. The van der Waals surface area contributed by atoms with Crippen molar-refractivity contribution in [1.29, 1.82) is 0 Å². The van der Waals surface area contributed by atoms with Crippen LogP contribution in [0, 0.1) is 10.8 Å². The smallest absolute Gasteiger partial charge is 0.229 e. The van der Waals surface area contributed by atoms with Crippen molar-refractivity contribution < 1.29 is 9.59 Å². The van der Waals surface area contributed by atoms with E-state index < -0.39 is 0 Å². The lowest BCUT2D eigenvalue weighted by Crippen LogP contribution is -2.40. The first kappa shape index (κ1) is 8.45. The van der Waals surface area contributed by atoms with Crippen molar-refractivity contribution in [2.24, 2.45) is 10.8 Å². The van der Waals surface area contributed by atoms with E-state index >= 15 is 0 Å². The van der Waals surface area contributed by atoms with E-state index in [0.29, 0.717) is 18.6 Å². The van der Waals surface area contributed by atoms with Gasteiger partial charge in [0.05, 0.1) is 5.41 Å². The van der Waals surface area contributed by atoms with E-state index in [0.717, 1.165) is 12.8 Å². The van der Waals surface area contributed by atoms with Crippen molar-refractivity contribution in [3.05, 3.63) is 0 Å². The van der Waals surface area contributed by atoms with Crippen LogP contribution in [0.2, 0.25) is 0 Å². The Morgan fingerprint density at radius 1 is 1.43 bits per heavy atom. The van der Waals surface area contributed by atoms with E-state index in [-0.39, 0.29) is 22.8 Å². The standard InChI is InChI=1S/C11H15NO2/c1-10-6-11(10)4-3-7(13)5-8(11)12(2)9(10)14/h8H,3-6H2,1-2H3/t8-,10-,11+/m0/s1. The SMILES string of the molecule is CN1C(=O)[C@]2(C)C[C@@]23CCC(=O)C[C@H]13. The zero-order valence-electron chi connectivity index (χ0n) is 8.67. The van der Waals surface area contributed by atoms with Gasteiger partial charge in [0.15, 0.2) is 0 Å². The van der Waals surface area contributed by atoms with Gasteiger partial charge in [0.25, 0.3) is 0 Å². The number of carbonyl (C=O) groups is 2. The summed E-state index contributed by atoms with van der Waals surface area (Å²) < 4.78 is 0. The normalized spacial score (nSPS) is 50.4. The van der Waals surface area contributed by atoms with Crippen LogP contribution in [0.4, 0.5) is 0 Å². The van der Waals surface area contributed by atoms with E-state index in [4.69, 9.17) is 0 Å². The van der Waals surface area contributed by atoms with Gasteiger partial charge in [0.2, 0.25) is 5.91 Å². The van der Waals surface area contributed by atoms with Crippen molar-refractivity contribution in [3.8, 4) is 0 Å². The van der Waals surface area contributed by atoms with Crippen LogP contribution in [0.5, 0.6) is 0 Å². The molecule has 1 saturated heterocycles. The van der Waals surface area contributed by atoms with Crippen LogP contribution in [0.25, 0.3) is 0 Å². The molecule has 0 aromatic rings. The van der Waals surface area contributed by atoms with Gasteiger partial charge in [-0.1, -0.05) is 6.92 Å². The fourth-order valence-electron chi connectivity index (χ4n) is 3.81. The fraction of sp³-hybridized carbons (Fsp3) is 0.818. The number of amides is 1. The number of rotatable bonds is 0. The van der Waals surface area contributed by atoms with Crippen LogP contribution in [0.15, 0.2) is 0 Å². The van der Waals surface area contributed by atoms with Crippen LogP contribution in [0.3, 0.4) is 0 Å². The topological polar surface area (TPSA) is 37.4 Å². The summed E-state index contributed by atoms with van der Waals surface area (Å²) in [5, 5.41) is 0. The first-order chi connectivity index (χ1) is 6.51. The van der Waals surface area contributed by atoms with Crippen molar-refractivity contribution in [2.45, 2.75) is 38.6 Å². The molecule has 0 N–H and O–H groups in total. The minimum Gasteiger partial charge on any atom is -0.341 e. The van der Waals surface area contributed by atoms with Crippen molar-refractivity contribution in [2.75, 3.05) is 7.05 Å². The minimum absolute atomic E-state index is 0.118. The molecule has 0 aromatic carbocycles. The summed E-state index contributed by atoms with van der Waals surface area (Å²) in [4.78, 5) is 25.2. The van der Waals surface area contributed by atoms with Gasteiger partial charge in [-0.3, -0.25) is 9.59 Å². The van der Waals surface area contributed by atoms with Gasteiger partial charge in [-0.05, 0) is 12.8 Å². The first-order valence-electron chi connectivity index (χ1n) is 5.30. The molecule has 76 valence electrons. The molecule has 1 spiro atoms. The summed E-state index contributed by atoms with van der Waals surface area (Å²) in [7, 11) is 1.85. The molecule has 1 heterocycles. The van der Waals surface area contributed by atoms with Gasteiger partial charge < -0.3 is 4.90 Å². The van der Waals surface area contributed by atoms with E-state index in [2.05, 4.69) is 6.92 Å². The molecule has 3 aliphatic rings. The third-order valence-electron chi connectivity index (χ3n) is 4.81. The number of hydrogen-bond donors (Lipinski definition) is 0. The molecule has 2 aliphatic carbocycles. The predicted octanol–water partition coefficient (Wildman–Crippen LogP) is 0.976. The van der Waals surface area contributed by atoms with E-state index in [9.17, 15) is 9.59 Å². The maximum absolute atomic E-state index is 12.0. The Morgan fingerprint density at radius 3 is 2.86 bits per heavy atom. The fourth-order valence-corrected chi connectivity index (χ4v) is 3.81. The average molecular weight is 193 g/mol. The first-order valence-corrected chi connectivity index (χ1v) is 5.30. The molecule has 2 saturated carbocycles. The van der Waals surface area contributed by atoms with Crippen LogP contribution < -0.4 is 0 Å². The van der Waals surface area contributed by atoms with Crippen LogP contribution in [0.1, 0.15) is 32.6 Å². The predicted molar refractivity (Wildman–Crippen MR) is 50.6 cm³/mol. The Bertz CT molecular complexity index is 351. The number of carbonyl (C=O) groups excluding carboxylic acids is 2. The number of ketones is 1. The zero-order chi connectivity index (χ0) is 10.1. The van der Waals surface area contributed by atoms with Gasteiger partial charge in [-0.2, -0.15) is 0 Å². The second kappa shape index (κ2) is 2.05. The molecule has 3 atom stereocenters. The average Bonchev–Trinajstić information content (AvgIpc) is 2.71. The van der Waals surface area contributed by atoms with E-state index in [1.165, 1.54) is 0 Å². The van der Waals surface area contributed by atoms with Crippen molar-refractivity contribution in [1.82, 2.24) is 4.90 Å². The molecule has 0 unspecified atom stereocenters. The summed E-state index contributed by atoms with van der Waals surface area (Å²) in [5.74, 6) is 0.591. The Morgan fingerprint density at radius 2 is 2.14 bits per heavy atom. The number of piperidine rings is 1. The molecule has 14 heavy (non-hydrogen) atoms. The number of nitrogens with zero attached hydrogens (tertiary/aromatic N) is 1. The van der Waals surface area contributed by atoms with Gasteiger partial charge >= 0.3 is 0 Å². The Hall–Kier alpha value is -0.860. The highest BCUT2D eigenvalue weighted by molar-refractivity contribution is 5.93. The molecule has 3 rings (SSSR count). The minimum atomic E-state index is -0.118. The van der Waals surface area contributed by atoms with Crippen LogP contribution >= 0.6 is 0 Å². The van der Waals surface area contributed by atoms with Crippen molar-refractivity contribution >= 4 is 11.7 Å². The molecular weight excluding hydrogens is 178 g/mol. The summed E-state index contributed by atoms with van der Waals surface area (Å²) >= 11 is 0. The third kappa shape index (κ3) is 0.645. The van der Waals surface area contributed by atoms with Gasteiger partial charge in [0, 0.05) is 31.3 Å². The monoisotopic (exact) mass is 193 g/mol. The highest BCUT2D eigenvalue weighted by Crippen LogP contribution is 2.75. The second-order valence-electron chi connectivity index (χ2n) is 5.34. The summed E-state index contributed by atoms with van der Waals surface area (Å²) in [6, 6.07) is 0.209. The third-order valence-corrected chi connectivity index (χ3v) is 4.81. The molecule has 3 heteroatoms. The van der Waals surface area contributed by atoms with Crippen LogP contribution in [-0.2, 0) is 9.59 Å². The van der Waals surface area contributed by atoms with Gasteiger partial charge in [-0.15, -0.1) is 0 Å². The summed E-state index contributed by atoms with van der Waals surface area (Å²) in [5.41, 5.74) is 0.0554. The molecular formula is C11H15NO2. The van der Waals surface area contributed by atoms with E-state index in [1.54, 1.807) is 0 Å². The molecule has 1 aliphatic heterocycles. The largest absolute Gasteiger partial charge is 0.341 e. The zero-order valence-corrected chi connectivity index (χ0v) is 8.67. The van der Waals surface area contributed by atoms with Gasteiger partial charge in [-0.25, -0.2) is 0 Å². The van der Waals surface area contributed by atoms with Crippen LogP contribution in [-0.4, -0.2) is 29.7 Å². The van der Waals surface area contributed by atoms with Crippen molar-refractivity contribution in [3.63, 3.8) is 0 Å². The number of hydrogen-bond acceptors (Lipinski definition) is 2. The lowest BCUT2D eigenvalue weighted by molar-refractivity contribution is -0.133. The number of Topliss-reactive ketones (excluding diaryl/α,β-unsaturated/α-hetero) is 1. The quantitative estimate of drug-likeness (QED) is 0.575. The Balaban J connectivity index is 2.03. The van der Waals surface area contributed by atoms with E-state index in [1.807, 2.05) is 11.9 Å². The lowest BCUT2D eigenvalue weighted by Gasteiger charge is -2.32. The molecule has 0 bridgehead atoms. The molecule has 1 amide bonds. The second-order valence-corrected chi connectivity index (χ2v) is 5.34. The highest BCUT2D eigenvalue weighted by Gasteiger charge is 2.78. The summed E-state index contributed by atoms with van der Waals surface area (Å²) in [6.07, 6.45) is 3.23. The lowest BCUT2D eigenvalue weighted by atomic mass is 9.78. The maximum atomic E-state index is 12.0. The summed E-state index contributed by atoms with van der Waals surface area (Å²) in [6.45, 7) is 2.07. The van der Waals surface area contributed by atoms with Gasteiger partial charge in [0.1, 0.15) is 5.78 Å². The molecule has 3 fully saturated rings. The molecule has 3 nitrogen and oxygen atoms in total. The highest BCUT2D eigenvalue weighted by atomic mass is 16.2. The Labute approximate surface area is 83.5 Å².